The summed E-state index contributed by atoms with van der Waals surface area (Å²) in [6.45, 7) is 5.03. The summed E-state index contributed by atoms with van der Waals surface area (Å²) >= 11 is 3.54. The number of likely N-dealkylation sites (tertiary alicyclic amines) is 1. The topological polar surface area (TPSA) is 36.3 Å². The van der Waals surface area contributed by atoms with Gasteiger partial charge < -0.3 is 4.74 Å². The summed E-state index contributed by atoms with van der Waals surface area (Å²) < 4.78 is 8.17. The Bertz CT molecular complexity index is 1250. The van der Waals surface area contributed by atoms with E-state index in [-0.39, 0.29) is 18.0 Å². The third kappa shape index (κ3) is 4.79. The first kappa shape index (κ1) is 25.2. The Morgan fingerprint density at radius 1 is 0.811 bits per heavy atom. The molecule has 4 aromatic rings. The highest BCUT2D eigenvalue weighted by molar-refractivity contribution is 9.10. The lowest BCUT2D eigenvalue weighted by molar-refractivity contribution is -0.0750. The van der Waals surface area contributed by atoms with Gasteiger partial charge in [-0.05, 0) is 34.4 Å². The molecule has 1 aliphatic rings. The van der Waals surface area contributed by atoms with Crippen LogP contribution >= 0.6 is 15.9 Å². The predicted octanol–water partition coefficient (Wildman–Crippen LogP) is 7.30. The molecule has 0 bridgehead atoms. The van der Waals surface area contributed by atoms with E-state index in [9.17, 15) is 5.26 Å². The molecule has 4 aromatic carbocycles. The molecule has 0 radical (unpaired) electrons. The summed E-state index contributed by atoms with van der Waals surface area (Å²) in [6, 6.07) is 41.9. The van der Waals surface area contributed by atoms with Crippen LogP contribution in [0.4, 0.5) is 0 Å². The van der Waals surface area contributed by atoms with Gasteiger partial charge in [0, 0.05) is 23.0 Å². The van der Waals surface area contributed by atoms with Crippen molar-refractivity contribution >= 4 is 15.9 Å². The first-order valence-corrected chi connectivity index (χ1v) is 13.3. The molecule has 37 heavy (non-hydrogen) atoms. The molecule has 0 unspecified atom stereocenters. The highest BCUT2D eigenvalue weighted by atomic mass is 79.9. The summed E-state index contributed by atoms with van der Waals surface area (Å²) in [6.07, 6.45) is 1.87. The molecule has 3 atom stereocenters. The second-order valence-electron chi connectivity index (χ2n) is 9.29. The molecule has 0 aliphatic carbocycles. The number of ether oxygens (including phenoxy) is 1. The Balaban J connectivity index is 1.59. The normalized spacial score (nSPS) is 19.5. The lowest BCUT2D eigenvalue weighted by atomic mass is 9.75. The molecule has 1 fully saturated rings. The summed E-state index contributed by atoms with van der Waals surface area (Å²) in [5.74, 6) is 0.0399. The van der Waals surface area contributed by atoms with Crippen molar-refractivity contribution in [3.05, 3.63) is 155 Å². The van der Waals surface area contributed by atoms with Gasteiger partial charge in [-0.3, -0.25) is 4.90 Å². The largest absolute Gasteiger partial charge is 0.359 e. The quantitative estimate of drug-likeness (QED) is 0.162. The molecule has 184 valence electrons. The van der Waals surface area contributed by atoms with Crippen LogP contribution in [0.15, 0.2) is 132 Å². The van der Waals surface area contributed by atoms with E-state index in [0.717, 1.165) is 26.7 Å². The van der Waals surface area contributed by atoms with Gasteiger partial charge in [-0.2, -0.15) is 5.26 Å². The molecule has 4 heteroatoms. The van der Waals surface area contributed by atoms with E-state index in [4.69, 9.17) is 4.74 Å². The molecule has 1 heterocycles. The van der Waals surface area contributed by atoms with Crippen LogP contribution in [0.1, 0.15) is 28.2 Å². The van der Waals surface area contributed by atoms with Gasteiger partial charge in [-0.15, -0.1) is 6.58 Å². The zero-order chi connectivity index (χ0) is 25.7. The van der Waals surface area contributed by atoms with Gasteiger partial charge in [0.2, 0.25) is 0 Å². The van der Waals surface area contributed by atoms with Gasteiger partial charge in [-0.25, -0.2) is 0 Å². The minimum absolute atomic E-state index is 0.0272. The van der Waals surface area contributed by atoms with E-state index >= 15 is 0 Å². The van der Waals surface area contributed by atoms with Crippen LogP contribution in [-0.4, -0.2) is 30.1 Å². The number of hydrogen-bond donors (Lipinski definition) is 0. The predicted molar refractivity (Wildman–Crippen MR) is 152 cm³/mol. The molecule has 1 aliphatic heterocycles. The Hall–Kier alpha value is -3.49. The fraction of sp³-hybridized carbons (Fsp3) is 0.182. The van der Waals surface area contributed by atoms with Crippen molar-refractivity contribution in [1.82, 2.24) is 4.90 Å². The van der Waals surface area contributed by atoms with E-state index in [1.54, 1.807) is 0 Å². The van der Waals surface area contributed by atoms with Gasteiger partial charge >= 0.3 is 0 Å². The summed E-state index contributed by atoms with van der Waals surface area (Å²) in [5.41, 5.74) is 3.55. The number of rotatable bonds is 9. The van der Waals surface area contributed by atoms with Gasteiger partial charge in [0.15, 0.2) is 0 Å². The van der Waals surface area contributed by atoms with E-state index < -0.39 is 5.60 Å². The first-order chi connectivity index (χ1) is 18.2. The van der Waals surface area contributed by atoms with Crippen LogP contribution in [0.25, 0.3) is 0 Å². The van der Waals surface area contributed by atoms with Crippen molar-refractivity contribution in [3.8, 4) is 6.07 Å². The van der Waals surface area contributed by atoms with Gasteiger partial charge in [0.05, 0.1) is 12.7 Å². The zero-order valence-electron chi connectivity index (χ0n) is 20.6. The SMILES string of the molecule is C=CCN1[C@H](C#N)[C@@H](c2ccc(Br)cc2)[C@H]1COC(c1ccccc1)(c1ccccc1)c1ccccc1. The third-order valence-corrected chi connectivity index (χ3v) is 7.81. The average Bonchev–Trinajstić information content (AvgIpc) is 2.95. The lowest BCUT2D eigenvalue weighted by Crippen LogP contribution is -2.63. The van der Waals surface area contributed by atoms with Crippen LogP contribution in [0.5, 0.6) is 0 Å². The number of benzene rings is 4. The molecule has 0 spiro atoms. The summed E-state index contributed by atoms with van der Waals surface area (Å²) in [7, 11) is 0. The molecule has 5 rings (SSSR count). The van der Waals surface area contributed by atoms with Crippen LogP contribution in [0, 0.1) is 11.3 Å². The molecule has 0 saturated carbocycles. The Morgan fingerprint density at radius 2 is 1.30 bits per heavy atom. The van der Waals surface area contributed by atoms with Crippen molar-refractivity contribution in [2.45, 2.75) is 23.6 Å². The Morgan fingerprint density at radius 3 is 1.73 bits per heavy atom. The molecular formula is C33H29BrN2O. The highest BCUT2D eigenvalue weighted by Crippen LogP contribution is 2.45. The maximum absolute atomic E-state index is 10.1. The molecule has 0 aromatic heterocycles. The van der Waals surface area contributed by atoms with Crippen LogP contribution < -0.4 is 0 Å². The van der Waals surface area contributed by atoms with E-state index in [1.165, 1.54) is 0 Å². The van der Waals surface area contributed by atoms with Gasteiger partial charge in [-0.1, -0.05) is 125 Å². The number of nitriles is 1. The fourth-order valence-electron chi connectivity index (χ4n) is 5.55. The van der Waals surface area contributed by atoms with Crippen molar-refractivity contribution in [2.75, 3.05) is 13.2 Å². The van der Waals surface area contributed by atoms with E-state index in [0.29, 0.717) is 13.2 Å². The molecule has 3 nitrogen and oxygen atoms in total. The Kier molecular flexibility index (Phi) is 7.67. The molecular weight excluding hydrogens is 520 g/mol. The molecule has 0 amide bonds. The minimum Gasteiger partial charge on any atom is -0.359 e. The monoisotopic (exact) mass is 548 g/mol. The first-order valence-electron chi connectivity index (χ1n) is 12.5. The number of halogens is 1. The zero-order valence-corrected chi connectivity index (χ0v) is 22.2. The second kappa shape index (κ2) is 11.3. The smallest absolute Gasteiger partial charge is 0.143 e. The molecule has 1 saturated heterocycles. The van der Waals surface area contributed by atoms with Gasteiger partial charge in [0.25, 0.3) is 0 Å². The van der Waals surface area contributed by atoms with Crippen molar-refractivity contribution in [2.24, 2.45) is 0 Å². The summed E-state index contributed by atoms with van der Waals surface area (Å²) in [5, 5.41) is 10.1. The maximum Gasteiger partial charge on any atom is 0.143 e. The van der Waals surface area contributed by atoms with E-state index in [2.05, 4.69) is 118 Å². The maximum atomic E-state index is 10.1. The lowest BCUT2D eigenvalue weighted by Gasteiger charge is -2.53. The number of hydrogen-bond acceptors (Lipinski definition) is 3. The van der Waals surface area contributed by atoms with Crippen LogP contribution in [0.3, 0.4) is 0 Å². The van der Waals surface area contributed by atoms with Gasteiger partial charge in [0.1, 0.15) is 11.6 Å². The van der Waals surface area contributed by atoms with Crippen LogP contribution in [-0.2, 0) is 10.3 Å². The third-order valence-electron chi connectivity index (χ3n) is 7.28. The summed E-state index contributed by atoms with van der Waals surface area (Å²) in [4.78, 5) is 2.20. The fourth-order valence-corrected chi connectivity index (χ4v) is 5.81. The minimum atomic E-state index is -0.800. The van der Waals surface area contributed by atoms with E-state index in [1.807, 2.05) is 36.4 Å². The standard InChI is InChI=1S/C33H29BrN2O/c1-2-22-36-30(23-35)32(25-18-20-29(34)21-19-25)31(36)24-37-33(26-12-6-3-7-13-26,27-14-8-4-9-15-27)28-16-10-5-11-17-28/h2-21,30-32H,1,22,24H2/t30-,31-,32-/m1/s1. The highest BCUT2D eigenvalue weighted by Gasteiger charge is 2.50. The average molecular weight is 550 g/mol. The van der Waals surface area contributed by atoms with Crippen molar-refractivity contribution < 1.29 is 4.74 Å². The van der Waals surface area contributed by atoms with Crippen molar-refractivity contribution in [3.63, 3.8) is 0 Å². The number of nitrogens with zero attached hydrogens (tertiary/aromatic N) is 2. The second-order valence-corrected chi connectivity index (χ2v) is 10.2. The van der Waals surface area contributed by atoms with Crippen molar-refractivity contribution in [1.29, 1.82) is 5.26 Å². The molecule has 0 N–H and O–H groups in total. The van der Waals surface area contributed by atoms with Crippen LogP contribution in [0.2, 0.25) is 0 Å². The Labute approximate surface area is 227 Å².